The van der Waals surface area contributed by atoms with Gasteiger partial charge < -0.3 is 35.9 Å². The molecule has 1 aromatic carbocycles. The van der Waals surface area contributed by atoms with E-state index in [0.29, 0.717) is 25.9 Å². The Morgan fingerprint density at radius 3 is 2.52 bits per heavy atom. The number of aliphatic imine (C=N–C) groups is 1. The van der Waals surface area contributed by atoms with Crippen molar-refractivity contribution in [3.63, 3.8) is 0 Å². The van der Waals surface area contributed by atoms with Crippen molar-refractivity contribution in [2.24, 2.45) is 16.5 Å². The summed E-state index contributed by atoms with van der Waals surface area (Å²) in [6, 6.07) is 8.35. The van der Waals surface area contributed by atoms with Crippen LogP contribution in [0.3, 0.4) is 0 Å². The van der Waals surface area contributed by atoms with Gasteiger partial charge in [-0.3, -0.25) is 10.3 Å². The highest BCUT2D eigenvalue weighted by molar-refractivity contribution is 5.70. The molecule has 0 amide bonds. The molecular formula is C31H60N6O3. The molecule has 0 radical (unpaired) electrons. The zero-order chi connectivity index (χ0) is 30.4. The summed E-state index contributed by atoms with van der Waals surface area (Å²) < 4.78 is 16.9. The van der Waals surface area contributed by atoms with E-state index < -0.39 is 0 Å². The van der Waals surface area contributed by atoms with Crippen molar-refractivity contribution >= 4 is 17.7 Å². The summed E-state index contributed by atoms with van der Waals surface area (Å²) in [5.41, 5.74) is 12.0. The second-order valence-corrected chi connectivity index (χ2v) is 8.47. The Morgan fingerprint density at radius 1 is 1.20 bits per heavy atom. The van der Waals surface area contributed by atoms with Gasteiger partial charge in [0, 0.05) is 33.4 Å². The Bertz CT molecular complexity index is 760. The lowest BCUT2D eigenvalue weighted by molar-refractivity contribution is 0.0529. The molecule has 1 aromatic rings. The molecular weight excluding hydrogens is 504 g/mol. The fraction of sp³-hybridized carbons (Fsp3) is 0.645. The summed E-state index contributed by atoms with van der Waals surface area (Å²) in [6.45, 7) is 16.6. The van der Waals surface area contributed by atoms with Crippen LogP contribution in [-0.4, -0.2) is 78.4 Å². The average molecular weight is 565 g/mol. The number of benzene rings is 1. The first-order chi connectivity index (χ1) is 19.6. The predicted octanol–water partition coefficient (Wildman–Crippen LogP) is 5.15. The largest absolute Gasteiger partial charge is 0.390 e. The lowest BCUT2D eigenvalue weighted by atomic mass is 10.2. The van der Waals surface area contributed by atoms with E-state index in [4.69, 9.17) is 19.9 Å². The van der Waals surface area contributed by atoms with Crippen LogP contribution in [0.1, 0.15) is 60.8 Å². The normalized spacial score (nSPS) is 17.0. The second kappa shape index (κ2) is 29.6. The molecule has 0 aliphatic carbocycles. The quantitative estimate of drug-likeness (QED) is 0.0716. The van der Waals surface area contributed by atoms with Crippen molar-refractivity contribution in [2.75, 3.05) is 63.9 Å². The van der Waals surface area contributed by atoms with Gasteiger partial charge in [0.05, 0.1) is 43.2 Å². The summed E-state index contributed by atoms with van der Waals surface area (Å²) in [5, 5.41) is 6.80. The maximum atomic E-state index is 6.15. The van der Waals surface area contributed by atoms with Gasteiger partial charge in [0.2, 0.25) is 0 Å². The van der Waals surface area contributed by atoms with Crippen molar-refractivity contribution in [1.82, 2.24) is 5.32 Å². The van der Waals surface area contributed by atoms with Crippen LogP contribution in [0.2, 0.25) is 0 Å². The van der Waals surface area contributed by atoms with Crippen LogP contribution in [-0.2, 0) is 14.2 Å². The van der Waals surface area contributed by atoms with Crippen LogP contribution in [0, 0.1) is 0 Å². The average Bonchev–Trinajstić information content (AvgIpc) is 3.43. The van der Waals surface area contributed by atoms with Gasteiger partial charge in [0.25, 0.3) is 0 Å². The Balaban J connectivity index is 0. The molecule has 6 N–H and O–H groups in total. The summed E-state index contributed by atoms with van der Waals surface area (Å²) in [7, 11) is 3.45. The third kappa shape index (κ3) is 19.6. The molecule has 0 aromatic heterocycles. The molecule has 0 bridgehead atoms. The summed E-state index contributed by atoms with van der Waals surface area (Å²) in [5.74, 6) is 0. The molecule has 9 heteroatoms. The molecule has 2 rings (SSSR count). The molecule has 2 unspecified atom stereocenters. The number of para-hydroxylation sites is 2. The van der Waals surface area contributed by atoms with Crippen LogP contribution in [0.15, 0.2) is 53.6 Å². The van der Waals surface area contributed by atoms with E-state index in [9.17, 15) is 0 Å². The molecule has 1 heterocycles. The number of hydrogen-bond donors (Lipinski definition) is 4. The highest BCUT2D eigenvalue weighted by atomic mass is 16.5. The summed E-state index contributed by atoms with van der Waals surface area (Å²) in [6.07, 6.45) is 13.0. The number of nitrogens with one attached hydrogen (secondary N) is 2. The monoisotopic (exact) mass is 564 g/mol. The zero-order valence-electron chi connectivity index (χ0n) is 26.6. The standard InChI is InChI=1S/C22H37N5O2.C6H12O.C2H6.CH5N/c1-18(28-15-7-14-25-16-23)8-6-13-26-17-27(22-12-11-19(2)29-22)21-10-5-4-9-20(21)24-3;1-3-5-6-7-4-2;2*1-2/h4-6,8-10,16,18-19,22,24,26H,7,11-15,17H2,1-3H3,(H2,23,25);3,5H,4,6H2,1-2H3;1-2H3;2H2,1H3/b8-6+;5-3-;;/t18?,19?,22-;;;/m1.../s1. The van der Waals surface area contributed by atoms with E-state index in [2.05, 4.69) is 63.5 Å². The fourth-order valence-electron chi connectivity index (χ4n) is 3.65. The SMILES string of the molecule is C/C=C\COCC.CC.CN.CNc1ccccc1N(CNC/C=C/C(C)OCCCN=CN)[C@H]1CCC(C)O1. The lowest BCUT2D eigenvalue weighted by Crippen LogP contribution is -2.42. The van der Waals surface area contributed by atoms with Gasteiger partial charge in [-0.2, -0.15) is 0 Å². The minimum atomic E-state index is 0.0822. The highest BCUT2D eigenvalue weighted by Crippen LogP contribution is 2.31. The van der Waals surface area contributed by atoms with Crippen LogP contribution >= 0.6 is 0 Å². The van der Waals surface area contributed by atoms with Gasteiger partial charge >= 0.3 is 0 Å². The molecule has 232 valence electrons. The van der Waals surface area contributed by atoms with Crippen molar-refractivity contribution in [2.45, 2.75) is 79.2 Å². The number of hydrogen-bond acceptors (Lipinski definition) is 8. The van der Waals surface area contributed by atoms with Gasteiger partial charge in [-0.1, -0.05) is 50.3 Å². The second-order valence-electron chi connectivity index (χ2n) is 8.47. The molecule has 40 heavy (non-hydrogen) atoms. The first-order valence-electron chi connectivity index (χ1n) is 14.7. The Labute approximate surface area is 245 Å². The van der Waals surface area contributed by atoms with Gasteiger partial charge in [-0.15, -0.1) is 0 Å². The number of anilines is 2. The maximum absolute atomic E-state index is 6.15. The van der Waals surface area contributed by atoms with Crippen molar-refractivity contribution in [1.29, 1.82) is 0 Å². The molecule has 1 saturated heterocycles. The topological polar surface area (TPSA) is 119 Å². The molecule has 1 aliphatic rings. The van der Waals surface area contributed by atoms with E-state index in [-0.39, 0.29) is 12.3 Å². The van der Waals surface area contributed by atoms with E-state index in [1.807, 2.05) is 59.9 Å². The van der Waals surface area contributed by atoms with Crippen LogP contribution in [0.4, 0.5) is 11.4 Å². The summed E-state index contributed by atoms with van der Waals surface area (Å²) in [4.78, 5) is 6.28. The first kappa shape index (κ1) is 39.7. The maximum Gasteiger partial charge on any atom is 0.131 e. The first-order valence-corrected chi connectivity index (χ1v) is 14.7. The molecule has 3 atom stereocenters. The number of rotatable bonds is 16. The van der Waals surface area contributed by atoms with E-state index in [1.54, 1.807) is 0 Å². The van der Waals surface area contributed by atoms with Crippen LogP contribution < -0.4 is 27.0 Å². The van der Waals surface area contributed by atoms with Gasteiger partial charge in [-0.05, 0) is 66.1 Å². The summed E-state index contributed by atoms with van der Waals surface area (Å²) >= 11 is 0. The Morgan fingerprint density at radius 2 is 1.93 bits per heavy atom. The number of ether oxygens (including phenoxy) is 3. The van der Waals surface area contributed by atoms with E-state index in [0.717, 1.165) is 50.4 Å². The molecule has 1 fully saturated rings. The van der Waals surface area contributed by atoms with Crippen molar-refractivity contribution < 1.29 is 14.2 Å². The van der Waals surface area contributed by atoms with Crippen LogP contribution in [0.25, 0.3) is 0 Å². The molecule has 9 nitrogen and oxygen atoms in total. The molecule has 1 aliphatic heterocycles. The van der Waals surface area contributed by atoms with Crippen molar-refractivity contribution in [3.05, 3.63) is 48.6 Å². The third-order valence-electron chi connectivity index (χ3n) is 5.56. The van der Waals surface area contributed by atoms with Crippen LogP contribution in [0.5, 0.6) is 0 Å². The fourth-order valence-corrected chi connectivity index (χ4v) is 3.65. The smallest absolute Gasteiger partial charge is 0.131 e. The minimum Gasteiger partial charge on any atom is -0.390 e. The van der Waals surface area contributed by atoms with Crippen molar-refractivity contribution in [3.8, 4) is 0 Å². The number of nitrogens with zero attached hydrogens (tertiary/aromatic N) is 2. The third-order valence-corrected chi connectivity index (χ3v) is 5.56. The van der Waals surface area contributed by atoms with Gasteiger partial charge in [0.1, 0.15) is 6.23 Å². The predicted molar refractivity (Wildman–Crippen MR) is 174 cm³/mol. The lowest BCUT2D eigenvalue weighted by Gasteiger charge is -2.32. The van der Waals surface area contributed by atoms with E-state index >= 15 is 0 Å². The van der Waals surface area contributed by atoms with E-state index in [1.165, 1.54) is 13.4 Å². The zero-order valence-corrected chi connectivity index (χ0v) is 26.6. The van der Waals surface area contributed by atoms with Gasteiger partial charge in [-0.25, -0.2) is 0 Å². The Hall–Kier alpha value is -2.43. The number of nitrogens with two attached hydrogens (primary N) is 2. The molecule has 0 spiro atoms. The van der Waals surface area contributed by atoms with Gasteiger partial charge in [0.15, 0.2) is 0 Å². The highest BCUT2D eigenvalue weighted by Gasteiger charge is 2.28. The number of allylic oxidation sites excluding steroid dienone is 1. The molecule has 0 saturated carbocycles. The minimum absolute atomic E-state index is 0.0822. The Kier molecular flexibility index (Phi) is 29.3.